The fraction of sp³-hybridized carbons (Fsp3) is 0.316. The summed E-state index contributed by atoms with van der Waals surface area (Å²) in [7, 11) is 3.34. The Hall–Kier alpha value is -2.89. The van der Waals surface area contributed by atoms with Gasteiger partial charge >= 0.3 is 0 Å². The summed E-state index contributed by atoms with van der Waals surface area (Å²) in [5.74, 6) is 0.226. The average molecular weight is 341 g/mol. The first kappa shape index (κ1) is 18.4. The molecule has 6 heteroatoms. The molecule has 2 rings (SSSR count). The molecule has 0 atom stereocenters. The second-order valence-corrected chi connectivity index (χ2v) is 5.69. The number of pyridine rings is 1. The summed E-state index contributed by atoms with van der Waals surface area (Å²) in [5.41, 5.74) is 1.28. The lowest BCUT2D eigenvalue weighted by Gasteiger charge is -2.16. The van der Waals surface area contributed by atoms with E-state index in [1.807, 2.05) is 0 Å². The molecule has 1 aromatic heterocycles. The highest BCUT2D eigenvalue weighted by Crippen LogP contribution is 2.16. The Kier molecular flexibility index (Phi) is 6.51. The number of aromatic nitrogens is 1. The Labute approximate surface area is 147 Å². The minimum atomic E-state index is -0.365. The zero-order chi connectivity index (χ0) is 18.2. The summed E-state index contributed by atoms with van der Waals surface area (Å²) in [4.78, 5) is 30.5. The van der Waals surface area contributed by atoms with Gasteiger partial charge in [-0.05, 0) is 42.8 Å². The molecule has 1 aromatic carbocycles. The lowest BCUT2D eigenvalue weighted by molar-refractivity contribution is 0.0793. The van der Waals surface area contributed by atoms with E-state index in [1.54, 1.807) is 49.4 Å². The molecule has 2 aromatic rings. The van der Waals surface area contributed by atoms with Crippen molar-refractivity contribution in [3.8, 4) is 5.75 Å². The second-order valence-electron chi connectivity index (χ2n) is 5.69. The largest absolute Gasteiger partial charge is 0.497 e. The Morgan fingerprint density at radius 2 is 1.92 bits per heavy atom. The van der Waals surface area contributed by atoms with Gasteiger partial charge in [0, 0.05) is 31.0 Å². The van der Waals surface area contributed by atoms with Gasteiger partial charge in [-0.3, -0.25) is 14.6 Å². The number of nitrogens with one attached hydrogen (secondary N) is 1. The first-order chi connectivity index (χ1) is 12.0. The highest BCUT2D eigenvalue weighted by Gasteiger charge is 2.15. The maximum Gasteiger partial charge on any atom is 0.274 e. The summed E-state index contributed by atoms with van der Waals surface area (Å²) in [6, 6.07) is 10.1. The van der Waals surface area contributed by atoms with Gasteiger partial charge in [-0.25, -0.2) is 0 Å². The van der Waals surface area contributed by atoms with Crippen molar-refractivity contribution in [1.29, 1.82) is 0 Å². The topological polar surface area (TPSA) is 71.5 Å². The van der Waals surface area contributed by atoms with E-state index >= 15 is 0 Å². The van der Waals surface area contributed by atoms with Gasteiger partial charge in [-0.2, -0.15) is 0 Å². The van der Waals surface area contributed by atoms with E-state index in [4.69, 9.17) is 4.74 Å². The molecule has 0 radical (unpaired) electrons. The third kappa shape index (κ3) is 5.04. The van der Waals surface area contributed by atoms with E-state index in [1.165, 1.54) is 12.3 Å². The third-order valence-corrected chi connectivity index (χ3v) is 3.78. The van der Waals surface area contributed by atoms with Crippen molar-refractivity contribution in [3.63, 3.8) is 0 Å². The van der Waals surface area contributed by atoms with Crippen molar-refractivity contribution in [3.05, 3.63) is 53.9 Å². The first-order valence-corrected chi connectivity index (χ1v) is 8.22. The predicted octanol–water partition coefficient (Wildman–Crippen LogP) is 3.21. The Morgan fingerprint density at radius 1 is 1.20 bits per heavy atom. The van der Waals surface area contributed by atoms with Crippen molar-refractivity contribution in [2.75, 3.05) is 26.0 Å². The van der Waals surface area contributed by atoms with Gasteiger partial charge in [0.05, 0.1) is 7.11 Å². The van der Waals surface area contributed by atoms with Gasteiger partial charge < -0.3 is 15.0 Å². The molecule has 1 N–H and O–H groups in total. The van der Waals surface area contributed by atoms with Crippen LogP contribution < -0.4 is 10.1 Å². The standard InChI is InChI=1S/C19H23N3O3/c1-4-5-12-22(2)19(24)14-10-11-20-17(13-14)18(23)21-15-6-8-16(25-3)9-7-15/h6-11,13H,4-5,12H2,1-3H3,(H,21,23). The number of benzene rings is 1. The van der Waals surface area contributed by atoms with Crippen LogP contribution in [0.5, 0.6) is 5.75 Å². The van der Waals surface area contributed by atoms with Crippen LogP contribution in [-0.4, -0.2) is 42.4 Å². The monoisotopic (exact) mass is 341 g/mol. The molecular weight excluding hydrogens is 318 g/mol. The fourth-order valence-corrected chi connectivity index (χ4v) is 2.27. The lowest BCUT2D eigenvalue weighted by Crippen LogP contribution is -2.28. The van der Waals surface area contributed by atoms with E-state index < -0.39 is 0 Å². The van der Waals surface area contributed by atoms with E-state index in [-0.39, 0.29) is 17.5 Å². The fourth-order valence-electron chi connectivity index (χ4n) is 2.27. The minimum Gasteiger partial charge on any atom is -0.497 e. The molecule has 6 nitrogen and oxygen atoms in total. The van der Waals surface area contributed by atoms with Crippen LogP contribution in [0.15, 0.2) is 42.6 Å². The molecule has 132 valence electrons. The van der Waals surface area contributed by atoms with Crippen molar-refractivity contribution in [1.82, 2.24) is 9.88 Å². The number of anilines is 1. The maximum absolute atomic E-state index is 12.4. The number of rotatable bonds is 7. The molecule has 1 heterocycles. The van der Waals surface area contributed by atoms with Crippen LogP contribution in [0.1, 0.15) is 40.6 Å². The molecular formula is C19H23N3O3. The molecule has 0 saturated heterocycles. The molecule has 2 amide bonds. The summed E-state index contributed by atoms with van der Waals surface area (Å²) >= 11 is 0. The van der Waals surface area contributed by atoms with Gasteiger partial charge in [0.25, 0.3) is 11.8 Å². The molecule has 0 unspecified atom stereocenters. The predicted molar refractivity (Wildman–Crippen MR) is 97.1 cm³/mol. The van der Waals surface area contributed by atoms with Crippen LogP contribution in [0.4, 0.5) is 5.69 Å². The number of unbranched alkanes of at least 4 members (excludes halogenated alkanes) is 1. The SMILES string of the molecule is CCCCN(C)C(=O)c1ccnc(C(=O)Nc2ccc(OC)cc2)c1. The van der Waals surface area contributed by atoms with E-state index in [0.717, 1.165) is 12.8 Å². The molecule has 0 spiro atoms. The Balaban J connectivity index is 2.08. The normalized spacial score (nSPS) is 10.2. The van der Waals surface area contributed by atoms with Crippen LogP contribution in [-0.2, 0) is 0 Å². The summed E-state index contributed by atoms with van der Waals surface area (Å²) in [6.07, 6.45) is 3.44. The average Bonchev–Trinajstić information content (AvgIpc) is 2.66. The zero-order valence-electron chi connectivity index (χ0n) is 14.8. The van der Waals surface area contributed by atoms with Crippen LogP contribution >= 0.6 is 0 Å². The molecule has 0 saturated carbocycles. The molecule has 0 aliphatic heterocycles. The van der Waals surface area contributed by atoms with Gasteiger partial charge in [-0.1, -0.05) is 13.3 Å². The molecule has 0 fully saturated rings. The number of carbonyl (C=O) groups is 2. The number of nitrogens with zero attached hydrogens (tertiary/aromatic N) is 2. The maximum atomic E-state index is 12.4. The van der Waals surface area contributed by atoms with Gasteiger partial charge in [0.2, 0.25) is 0 Å². The lowest BCUT2D eigenvalue weighted by atomic mass is 10.2. The zero-order valence-corrected chi connectivity index (χ0v) is 14.8. The minimum absolute atomic E-state index is 0.116. The van der Waals surface area contributed by atoms with Gasteiger partial charge in [0.1, 0.15) is 11.4 Å². The first-order valence-electron chi connectivity index (χ1n) is 8.22. The molecule has 0 bridgehead atoms. The Morgan fingerprint density at radius 3 is 2.56 bits per heavy atom. The molecule has 25 heavy (non-hydrogen) atoms. The second kappa shape index (κ2) is 8.82. The van der Waals surface area contributed by atoms with E-state index in [0.29, 0.717) is 23.5 Å². The van der Waals surface area contributed by atoms with E-state index in [9.17, 15) is 9.59 Å². The summed E-state index contributed by atoms with van der Waals surface area (Å²) in [6.45, 7) is 2.76. The van der Waals surface area contributed by atoms with Gasteiger partial charge in [0.15, 0.2) is 0 Å². The van der Waals surface area contributed by atoms with Crippen molar-refractivity contribution in [2.45, 2.75) is 19.8 Å². The number of hydrogen-bond donors (Lipinski definition) is 1. The number of ether oxygens (including phenoxy) is 1. The number of amides is 2. The van der Waals surface area contributed by atoms with Gasteiger partial charge in [-0.15, -0.1) is 0 Å². The Bertz CT molecular complexity index is 729. The quantitative estimate of drug-likeness (QED) is 0.839. The molecule has 0 aliphatic carbocycles. The van der Waals surface area contributed by atoms with Crippen LogP contribution in [0.25, 0.3) is 0 Å². The van der Waals surface area contributed by atoms with Crippen LogP contribution in [0, 0.1) is 0 Å². The van der Waals surface area contributed by atoms with Crippen molar-refractivity contribution >= 4 is 17.5 Å². The molecule has 0 aliphatic rings. The summed E-state index contributed by atoms with van der Waals surface area (Å²) in [5, 5.41) is 2.76. The van der Waals surface area contributed by atoms with Crippen molar-refractivity contribution < 1.29 is 14.3 Å². The van der Waals surface area contributed by atoms with E-state index in [2.05, 4.69) is 17.2 Å². The van der Waals surface area contributed by atoms with Crippen molar-refractivity contribution in [2.24, 2.45) is 0 Å². The highest BCUT2D eigenvalue weighted by atomic mass is 16.5. The smallest absolute Gasteiger partial charge is 0.274 e. The number of methoxy groups -OCH3 is 1. The third-order valence-electron chi connectivity index (χ3n) is 3.78. The van der Waals surface area contributed by atoms with Crippen LogP contribution in [0.2, 0.25) is 0 Å². The highest BCUT2D eigenvalue weighted by molar-refractivity contribution is 6.04. The summed E-state index contributed by atoms with van der Waals surface area (Å²) < 4.78 is 5.08. The number of hydrogen-bond acceptors (Lipinski definition) is 4. The van der Waals surface area contributed by atoms with Crippen LogP contribution in [0.3, 0.4) is 0 Å². The number of carbonyl (C=O) groups excluding carboxylic acids is 2.